The number of hydrogen-bond donors (Lipinski definition) is 1. The van der Waals surface area contributed by atoms with Crippen molar-refractivity contribution in [1.29, 1.82) is 0 Å². The Labute approximate surface area is 90.9 Å². The van der Waals surface area contributed by atoms with Crippen LogP contribution < -0.4 is 0 Å². The average molecular weight is 212 g/mol. The quantitative estimate of drug-likeness (QED) is 0.696. The first kappa shape index (κ1) is 10.9. The normalized spacial score (nSPS) is 31.7. The Morgan fingerprint density at radius 2 is 2.07 bits per heavy atom. The molecule has 2 aliphatic heterocycles. The summed E-state index contributed by atoms with van der Waals surface area (Å²) in [7, 11) is 0. The largest absolute Gasteiger partial charge is 0.387 e. The van der Waals surface area contributed by atoms with Crippen LogP contribution in [0, 0.1) is 5.41 Å². The van der Waals surface area contributed by atoms with Gasteiger partial charge in [0.25, 0.3) is 0 Å². The third-order valence-corrected chi connectivity index (χ3v) is 3.89. The summed E-state index contributed by atoms with van der Waals surface area (Å²) < 4.78 is 0. The highest BCUT2D eigenvalue weighted by molar-refractivity contribution is 5.77. The maximum Gasteiger partial charge on any atom is 0.248 e. The number of aliphatic hydroxyl groups is 1. The highest BCUT2D eigenvalue weighted by atomic mass is 16.3. The topological polar surface area (TPSA) is 43.8 Å². The van der Waals surface area contributed by atoms with Crippen molar-refractivity contribution in [1.82, 2.24) is 9.80 Å². The highest BCUT2D eigenvalue weighted by Gasteiger charge is 2.43. The summed E-state index contributed by atoms with van der Waals surface area (Å²) in [5.41, 5.74) is 0.334. The molecule has 2 rings (SSSR count). The Kier molecular flexibility index (Phi) is 2.98. The molecule has 15 heavy (non-hydrogen) atoms. The Morgan fingerprint density at radius 1 is 1.33 bits per heavy atom. The minimum atomic E-state index is -0.340. The molecule has 2 saturated heterocycles. The van der Waals surface area contributed by atoms with Crippen LogP contribution in [-0.2, 0) is 4.79 Å². The van der Waals surface area contributed by atoms with Crippen LogP contribution in [-0.4, -0.2) is 60.1 Å². The number of hydrogen-bond acceptors (Lipinski definition) is 3. The molecule has 2 fully saturated rings. The Hall–Kier alpha value is -0.610. The molecule has 1 N–H and O–H groups in total. The van der Waals surface area contributed by atoms with Crippen LogP contribution in [0.15, 0.2) is 0 Å². The van der Waals surface area contributed by atoms with Gasteiger partial charge in [-0.15, -0.1) is 0 Å². The van der Waals surface area contributed by atoms with Gasteiger partial charge in [0.15, 0.2) is 0 Å². The maximum absolute atomic E-state index is 11.4. The van der Waals surface area contributed by atoms with Crippen molar-refractivity contribution < 1.29 is 9.90 Å². The van der Waals surface area contributed by atoms with E-state index in [1.807, 2.05) is 4.90 Å². The number of amides is 1. The first-order valence-corrected chi connectivity index (χ1v) is 5.80. The number of carbonyl (C=O) groups is 1. The second-order valence-electron chi connectivity index (χ2n) is 4.84. The van der Waals surface area contributed by atoms with Crippen LogP contribution in [0.4, 0.5) is 0 Å². The number of nitrogens with zero attached hydrogens (tertiary/aromatic N) is 2. The van der Waals surface area contributed by atoms with Crippen LogP contribution in [0.25, 0.3) is 0 Å². The number of carbonyl (C=O) groups excluding carboxylic acids is 1. The fraction of sp³-hybridized carbons (Fsp3) is 0.909. The van der Waals surface area contributed by atoms with Crippen LogP contribution in [0.2, 0.25) is 0 Å². The summed E-state index contributed by atoms with van der Waals surface area (Å²) in [5.74, 6) is -0.109. The first-order valence-electron chi connectivity index (χ1n) is 5.80. The molecular weight excluding hydrogens is 192 g/mol. The van der Waals surface area contributed by atoms with Crippen LogP contribution in [0.5, 0.6) is 0 Å². The molecule has 1 amide bonds. The predicted molar refractivity (Wildman–Crippen MR) is 57.4 cm³/mol. The van der Waals surface area contributed by atoms with E-state index in [-0.39, 0.29) is 12.5 Å². The summed E-state index contributed by atoms with van der Waals surface area (Å²) in [6.07, 6.45) is 2.31. The standard InChI is InChI=1S/C11H20N2O2/c1-2-12-5-3-11(8-12)4-6-13(9-11)10(15)7-14/h14H,2-9H2,1H3. The zero-order valence-electron chi connectivity index (χ0n) is 9.41. The summed E-state index contributed by atoms with van der Waals surface area (Å²) >= 11 is 0. The van der Waals surface area contributed by atoms with Crippen LogP contribution in [0.3, 0.4) is 0 Å². The lowest BCUT2D eigenvalue weighted by molar-refractivity contribution is -0.133. The fourth-order valence-electron chi connectivity index (χ4n) is 2.88. The molecule has 1 unspecified atom stereocenters. The summed E-state index contributed by atoms with van der Waals surface area (Å²) in [4.78, 5) is 15.6. The summed E-state index contributed by atoms with van der Waals surface area (Å²) in [5, 5.41) is 8.82. The maximum atomic E-state index is 11.4. The molecule has 0 aliphatic carbocycles. The van der Waals surface area contributed by atoms with Gasteiger partial charge in [-0.25, -0.2) is 0 Å². The molecule has 1 spiro atoms. The molecule has 0 saturated carbocycles. The second kappa shape index (κ2) is 4.10. The summed E-state index contributed by atoms with van der Waals surface area (Å²) in [6.45, 7) is 6.92. The molecule has 1 atom stereocenters. The molecule has 0 aromatic carbocycles. The van der Waals surface area contributed by atoms with Gasteiger partial charge in [0.1, 0.15) is 6.61 Å². The van der Waals surface area contributed by atoms with E-state index in [0.717, 1.165) is 39.1 Å². The second-order valence-corrected chi connectivity index (χ2v) is 4.84. The van der Waals surface area contributed by atoms with Gasteiger partial charge in [-0.3, -0.25) is 4.79 Å². The minimum absolute atomic E-state index is 0.109. The van der Waals surface area contributed by atoms with Crippen LogP contribution >= 0.6 is 0 Å². The third kappa shape index (κ3) is 2.01. The van der Waals surface area contributed by atoms with E-state index in [1.54, 1.807) is 0 Å². The van der Waals surface area contributed by atoms with Crippen molar-refractivity contribution in [2.24, 2.45) is 5.41 Å². The van der Waals surface area contributed by atoms with E-state index >= 15 is 0 Å². The zero-order valence-corrected chi connectivity index (χ0v) is 9.41. The van der Waals surface area contributed by atoms with Gasteiger partial charge in [0.2, 0.25) is 5.91 Å². The highest BCUT2D eigenvalue weighted by Crippen LogP contribution is 2.39. The van der Waals surface area contributed by atoms with Gasteiger partial charge in [-0.2, -0.15) is 0 Å². The smallest absolute Gasteiger partial charge is 0.248 e. The molecule has 0 bridgehead atoms. The van der Waals surface area contributed by atoms with Crippen molar-refractivity contribution >= 4 is 5.91 Å². The number of aliphatic hydroxyl groups excluding tert-OH is 1. The Balaban J connectivity index is 1.94. The van der Waals surface area contributed by atoms with Gasteiger partial charge >= 0.3 is 0 Å². The van der Waals surface area contributed by atoms with Crippen molar-refractivity contribution in [3.8, 4) is 0 Å². The Morgan fingerprint density at radius 3 is 2.67 bits per heavy atom. The van der Waals surface area contributed by atoms with E-state index in [4.69, 9.17) is 5.11 Å². The molecule has 0 radical (unpaired) electrons. The molecule has 2 heterocycles. The number of likely N-dealkylation sites (tertiary alicyclic amines) is 2. The van der Waals surface area contributed by atoms with Crippen molar-refractivity contribution in [2.45, 2.75) is 19.8 Å². The zero-order chi connectivity index (χ0) is 10.9. The average Bonchev–Trinajstić information content (AvgIpc) is 2.86. The molecule has 4 heteroatoms. The van der Waals surface area contributed by atoms with E-state index < -0.39 is 0 Å². The first-order chi connectivity index (χ1) is 7.19. The van der Waals surface area contributed by atoms with Gasteiger partial charge in [-0.05, 0) is 25.9 Å². The van der Waals surface area contributed by atoms with E-state index in [9.17, 15) is 4.79 Å². The molecule has 86 valence electrons. The minimum Gasteiger partial charge on any atom is -0.387 e. The third-order valence-electron chi connectivity index (χ3n) is 3.89. The van der Waals surface area contributed by atoms with Crippen molar-refractivity contribution in [2.75, 3.05) is 39.3 Å². The van der Waals surface area contributed by atoms with E-state index in [2.05, 4.69) is 11.8 Å². The lowest BCUT2D eigenvalue weighted by Crippen LogP contribution is -2.35. The molecule has 2 aliphatic rings. The van der Waals surface area contributed by atoms with Gasteiger partial charge < -0.3 is 14.9 Å². The summed E-state index contributed by atoms with van der Waals surface area (Å²) in [6, 6.07) is 0. The van der Waals surface area contributed by atoms with Gasteiger partial charge in [0, 0.05) is 25.0 Å². The Bertz CT molecular complexity index is 257. The van der Waals surface area contributed by atoms with E-state index in [0.29, 0.717) is 5.41 Å². The molecule has 0 aromatic heterocycles. The molecule has 0 aromatic rings. The molecular formula is C11H20N2O2. The molecule has 4 nitrogen and oxygen atoms in total. The SMILES string of the molecule is CCN1CCC2(CCN(C(=O)CO)C2)C1. The lowest BCUT2D eigenvalue weighted by atomic mass is 9.86. The fourth-order valence-corrected chi connectivity index (χ4v) is 2.88. The number of rotatable bonds is 2. The predicted octanol–water partition coefficient (Wildman–Crippen LogP) is -0.0770. The van der Waals surface area contributed by atoms with Crippen molar-refractivity contribution in [3.63, 3.8) is 0 Å². The lowest BCUT2D eigenvalue weighted by Gasteiger charge is -2.24. The van der Waals surface area contributed by atoms with Crippen LogP contribution in [0.1, 0.15) is 19.8 Å². The monoisotopic (exact) mass is 212 g/mol. The van der Waals surface area contributed by atoms with E-state index in [1.165, 1.54) is 6.42 Å². The van der Waals surface area contributed by atoms with Gasteiger partial charge in [-0.1, -0.05) is 6.92 Å². The van der Waals surface area contributed by atoms with Gasteiger partial charge in [0.05, 0.1) is 0 Å². The van der Waals surface area contributed by atoms with Crippen molar-refractivity contribution in [3.05, 3.63) is 0 Å².